The van der Waals surface area contributed by atoms with Crippen LogP contribution in [0.25, 0.3) is 0 Å². The van der Waals surface area contributed by atoms with E-state index in [1.54, 1.807) is 33.0 Å². The molecule has 0 spiro atoms. The van der Waals surface area contributed by atoms with Gasteiger partial charge in [-0.1, -0.05) is 11.6 Å². The monoisotopic (exact) mass is 295 g/mol. The van der Waals surface area contributed by atoms with E-state index in [1.807, 2.05) is 0 Å². The number of halogens is 1. The zero-order chi connectivity index (χ0) is 14.7. The van der Waals surface area contributed by atoms with Crippen LogP contribution < -0.4 is 5.32 Å². The van der Waals surface area contributed by atoms with Gasteiger partial charge in [-0.15, -0.1) is 10.2 Å². The Balaban J connectivity index is 2.00. The highest BCUT2D eigenvalue weighted by Crippen LogP contribution is 2.16. The van der Waals surface area contributed by atoms with Crippen molar-refractivity contribution in [3.05, 3.63) is 34.8 Å². The molecule has 0 atom stereocenters. The second kappa shape index (κ2) is 5.87. The molecule has 2 rings (SSSR count). The molecule has 2 heterocycles. The molecule has 2 aromatic heterocycles. The number of hydrogen-bond donors (Lipinski definition) is 1. The molecule has 0 aliphatic rings. The lowest BCUT2D eigenvalue weighted by Gasteiger charge is -2.16. The standard InChI is InChI=1S/C12H14ClN5O2/c1-7-9(4-5-10(13)14-7)15-12(19)18(3)6-11-17-16-8(2)20-11/h4-5H,6H2,1-3H3,(H,15,19). The van der Waals surface area contributed by atoms with Gasteiger partial charge in [0.15, 0.2) is 0 Å². The van der Waals surface area contributed by atoms with Crippen molar-refractivity contribution in [2.75, 3.05) is 12.4 Å². The van der Waals surface area contributed by atoms with E-state index in [-0.39, 0.29) is 12.6 Å². The van der Waals surface area contributed by atoms with E-state index >= 15 is 0 Å². The number of pyridine rings is 1. The Morgan fingerprint density at radius 3 is 2.75 bits per heavy atom. The Bertz CT molecular complexity index is 628. The van der Waals surface area contributed by atoms with Crippen LogP contribution in [0.4, 0.5) is 10.5 Å². The number of nitrogens with zero attached hydrogens (tertiary/aromatic N) is 4. The summed E-state index contributed by atoms with van der Waals surface area (Å²) in [5.74, 6) is 0.845. The topological polar surface area (TPSA) is 84.2 Å². The van der Waals surface area contributed by atoms with Crippen LogP contribution in [0.2, 0.25) is 5.15 Å². The SMILES string of the molecule is Cc1nnc(CN(C)C(=O)Nc2ccc(Cl)nc2C)o1. The molecule has 0 unspecified atom stereocenters. The molecule has 1 N–H and O–H groups in total. The van der Waals surface area contributed by atoms with Gasteiger partial charge in [0.2, 0.25) is 11.8 Å². The molecule has 0 fully saturated rings. The maximum atomic E-state index is 12.0. The van der Waals surface area contributed by atoms with Gasteiger partial charge in [-0.25, -0.2) is 9.78 Å². The molecule has 106 valence electrons. The van der Waals surface area contributed by atoms with Gasteiger partial charge in [-0.2, -0.15) is 0 Å². The third-order valence-corrected chi connectivity index (χ3v) is 2.79. The van der Waals surface area contributed by atoms with E-state index in [2.05, 4.69) is 20.5 Å². The van der Waals surface area contributed by atoms with E-state index < -0.39 is 0 Å². The molecule has 2 amide bonds. The molecular formula is C12H14ClN5O2. The zero-order valence-corrected chi connectivity index (χ0v) is 12.1. The highest BCUT2D eigenvalue weighted by atomic mass is 35.5. The number of carbonyl (C=O) groups is 1. The van der Waals surface area contributed by atoms with Crippen LogP contribution in [0, 0.1) is 13.8 Å². The van der Waals surface area contributed by atoms with Crippen LogP contribution in [0.1, 0.15) is 17.5 Å². The van der Waals surface area contributed by atoms with E-state index in [4.69, 9.17) is 16.0 Å². The summed E-state index contributed by atoms with van der Waals surface area (Å²) in [6.07, 6.45) is 0. The Morgan fingerprint density at radius 1 is 1.40 bits per heavy atom. The Kier molecular flexibility index (Phi) is 4.19. The van der Waals surface area contributed by atoms with Crippen molar-refractivity contribution >= 4 is 23.3 Å². The molecule has 8 heteroatoms. The maximum Gasteiger partial charge on any atom is 0.322 e. The second-order valence-corrected chi connectivity index (χ2v) is 4.66. The maximum absolute atomic E-state index is 12.0. The third kappa shape index (κ3) is 3.45. The fourth-order valence-electron chi connectivity index (χ4n) is 1.55. The minimum absolute atomic E-state index is 0.229. The molecule has 0 saturated carbocycles. The van der Waals surface area contributed by atoms with Crippen molar-refractivity contribution in [3.63, 3.8) is 0 Å². The summed E-state index contributed by atoms with van der Waals surface area (Å²) < 4.78 is 5.22. The normalized spacial score (nSPS) is 10.4. The largest absolute Gasteiger partial charge is 0.424 e. The predicted octanol–water partition coefficient (Wildman–Crippen LogP) is 2.40. The van der Waals surface area contributed by atoms with Crippen LogP contribution in [0.15, 0.2) is 16.5 Å². The van der Waals surface area contributed by atoms with Gasteiger partial charge in [0.25, 0.3) is 0 Å². The van der Waals surface area contributed by atoms with Crippen LogP contribution in [0.5, 0.6) is 0 Å². The molecule has 0 aromatic carbocycles. The third-order valence-electron chi connectivity index (χ3n) is 2.58. The summed E-state index contributed by atoms with van der Waals surface area (Å²) in [6.45, 7) is 3.69. The predicted molar refractivity (Wildman–Crippen MR) is 73.5 cm³/mol. The number of anilines is 1. The van der Waals surface area contributed by atoms with Crippen molar-refractivity contribution in [3.8, 4) is 0 Å². The minimum atomic E-state index is -0.298. The zero-order valence-electron chi connectivity index (χ0n) is 11.3. The molecular weight excluding hydrogens is 282 g/mol. The van der Waals surface area contributed by atoms with Crippen molar-refractivity contribution < 1.29 is 9.21 Å². The molecule has 2 aromatic rings. The summed E-state index contributed by atoms with van der Waals surface area (Å²) in [6, 6.07) is 3.02. The lowest BCUT2D eigenvalue weighted by atomic mass is 10.3. The van der Waals surface area contributed by atoms with Crippen molar-refractivity contribution in [1.82, 2.24) is 20.1 Å². The highest BCUT2D eigenvalue weighted by molar-refractivity contribution is 6.29. The van der Waals surface area contributed by atoms with Crippen LogP contribution >= 0.6 is 11.6 Å². The molecule has 7 nitrogen and oxygen atoms in total. The Labute approximate surface area is 121 Å². The fourth-order valence-corrected chi connectivity index (χ4v) is 1.74. The molecule has 0 aliphatic carbocycles. The quantitative estimate of drug-likeness (QED) is 0.879. The van der Waals surface area contributed by atoms with Crippen molar-refractivity contribution in [2.24, 2.45) is 0 Å². The average Bonchev–Trinajstić information content (AvgIpc) is 2.78. The van der Waals surface area contributed by atoms with Crippen LogP contribution in [-0.2, 0) is 6.54 Å². The van der Waals surface area contributed by atoms with Gasteiger partial charge in [-0.05, 0) is 19.1 Å². The molecule has 0 saturated heterocycles. The van der Waals surface area contributed by atoms with Crippen LogP contribution in [0.3, 0.4) is 0 Å². The first-order valence-corrected chi connectivity index (χ1v) is 6.28. The first-order valence-electron chi connectivity index (χ1n) is 5.90. The first-order chi connectivity index (χ1) is 9.45. The minimum Gasteiger partial charge on any atom is -0.424 e. The number of aryl methyl sites for hydroxylation is 2. The van der Waals surface area contributed by atoms with E-state index in [0.717, 1.165) is 0 Å². The number of hydrogen-bond acceptors (Lipinski definition) is 5. The number of carbonyl (C=O) groups excluding carboxylic acids is 1. The van der Waals surface area contributed by atoms with Crippen molar-refractivity contribution in [1.29, 1.82) is 0 Å². The Hall–Kier alpha value is -2.15. The van der Waals surface area contributed by atoms with Gasteiger partial charge in [0, 0.05) is 14.0 Å². The number of amides is 2. The smallest absolute Gasteiger partial charge is 0.322 e. The van der Waals surface area contributed by atoms with Gasteiger partial charge in [0.1, 0.15) is 11.7 Å². The number of nitrogens with one attached hydrogen (secondary N) is 1. The summed E-state index contributed by atoms with van der Waals surface area (Å²) in [5, 5.41) is 10.7. The fraction of sp³-hybridized carbons (Fsp3) is 0.333. The lowest BCUT2D eigenvalue weighted by Crippen LogP contribution is -2.31. The molecule has 0 aliphatic heterocycles. The average molecular weight is 296 g/mol. The summed E-state index contributed by atoms with van der Waals surface area (Å²) >= 11 is 5.76. The van der Waals surface area contributed by atoms with Crippen LogP contribution in [-0.4, -0.2) is 33.2 Å². The van der Waals surface area contributed by atoms with E-state index in [0.29, 0.717) is 28.3 Å². The van der Waals surface area contributed by atoms with Gasteiger partial charge in [0.05, 0.1) is 11.4 Å². The van der Waals surface area contributed by atoms with E-state index in [1.165, 1.54) is 4.90 Å². The molecule has 20 heavy (non-hydrogen) atoms. The van der Waals surface area contributed by atoms with E-state index in [9.17, 15) is 4.79 Å². The number of urea groups is 1. The van der Waals surface area contributed by atoms with Crippen molar-refractivity contribution in [2.45, 2.75) is 20.4 Å². The summed E-state index contributed by atoms with van der Waals surface area (Å²) in [5.41, 5.74) is 1.25. The lowest BCUT2D eigenvalue weighted by molar-refractivity contribution is 0.215. The summed E-state index contributed by atoms with van der Waals surface area (Å²) in [7, 11) is 1.63. The number of aromatic nitrogens is 3. The van der Waals surface area contributed by atoms with Gasteiger partial charge >= 0.3 is 6.03 Å². The summed E-state index contributed by atoms with van der Waals surface area (Å²) in [4.78, 5) is 17.5. The molecule has 0 radical (unpaired) electrons. The number of rotatable bonds is 3. The highest BCUT2D eigenvalue weighted by Gasteiger charge is 2.14. The van der Waals surface area contributed by atoms with Gasteiger partial charge in [-0.3, -0.25) is 0 Å². The second-order valence-electron chi connectivity index (χ2n) is 4.27. The Morgan fingerprint density at radius 2 is 2.15 bits per heavy atom. The van der Waals surface area contributed by atoms with Gasteiger partial charge < -0.3 is 14.6 Å². The molecule has 0 bridgehead atoms. The first kappa shape index (κ1) is 14.3.